The van der Waals surface area contributed by atoms with Crippen LogP contribution in [0.4, 0.5) is 0 Å². The van der Waals surface area contributed by atoms with E-state index >= 15 is 0 Å². The molecule has 6 amide bonds. The van der Waals surface area contributed by atoms with Crippen LogP contribution in [-0.4, -0.2) is 110 Å². The molecular weight excluding hydrogens is 500 g/mol. The molecule has 3 fully saturated rings. The molecule has 2 atom stereocenters. The van der Waals surface area contributed by atoms with Gasteiger partial charge in [-0.2, -0.15) is 0 Å². The second-order valence-electron chi connectivity index (χ2n) is 8.05. The van der Waals surface area contributed by atoms with Crippen molar-refractivity contribution in [1.29, 1.82) is 0 Å². The van der Waals surface area contributed by atoms with Crippen molar-refractivity contribution in [3.05, 3.63) is 0 Å². The van der Waals surface area contributed by atoms with Gasteiger partial charge < -0.3 is 9.59 Å². The Kier molecular flexibility index (Phi) is 9.43. The first-order chi connectivity index (χ1) is 16.8. The summed E-state index contributed by atoms with van der Waals surface area (Å²) in [5.74, 6) is -2.90. The number of amides is 6. The number of aldehydes is 2. The van der Waals surface area contributed by atoms with Crippen LogP contribution < -0.4 is 0 Å². The number of carbonyl (C=O) groups is 8. The van der Waals surface area contributed by atoms with E-state index in [9.17, 15) is 38.4 Å². The summed E-state index contributed by atoms with van der Waals surface area (Å²) in [7, 11) is 0. The number of nitrogens with zero attached hydrogens (tertiary/aromatic N) is 4. The molecule has 0 saturated carbocycles. The highest BCUT2D eigenvalue weighted by molar-refractivity contribution is 8.17. The molecule has 0 spiro atoms. The molecule has 0 N–H and O–H groups in total. The number of hydrogen-bond acceptors (Lipinski definition) is 10. The Labute approximate surface area is 210 Å². The summed E-state index contributed by atoms with van der Waals surface area (Å²) in [6, 6.07) is 0. The van der Waals surface area contributed by atoms with Gasteiger partial charge in [-0.3, -0.25) is 48.6 Å². The van der Waals surface area contributed by atoms with Gasteiger partial charge in [-0.25, -0.2) is 0 Å². The van der Waals surface area contributed by atoms with Crippen LogP contribution in [0.15, 0.2) is 0 Å². The van der Waals surface area contributed by atoms with Crippen LogP contribution >= 0.6 is 23.5 Å². The largest absolute Gasteiger partial charge is 0.303 e. The summed E-state index contributed by atoms with van der Waals surface area (Å²) in [4.78, 5) is 100. The average molecular weight is 527 g/mol. The molecule has 0 aliphatic carbocycles. The highest BCUT2D eigenvalue weighted by Gasteiger charge is 2.42. The van der Waals surface area contributed by atoms with Gasteiger partial charge in [-0.1, -0.05) is 0 Å². The summed E-state index contributed by atoms with van der Waals surface area (Å²) in [5.41, 5.74) is 0. The maximum atomic E-state index is 13.1. The van der Waals surface area contributed by atoms with Crippen molar-refractivity contribution in [2.75, 3.05) is 31.3 Å². The number of hydrogen-bond donors (Lipinski definition) is 0. The van der Waals surface area contributed by atoms with E-state index in [1.165, 1.54) is 23.5 Å². The van der Waals surface area contributed by atoms with Crippen molar-refractivity contribution in [3.63, 3.8) is 0 Å². The van der Waals surface area contributed by atoms with Crippen molar-refractivity contribution >= 4 is 71.5 Å². The number of fused-ring (bicyclic) bond motifs is 4. The molecule has 35 heavy (non-hydrogen) atoms. The minimum Gasteiger partial charge on any atom is -0.303 e. The minimum atomic E-state index is -0.638. The van der Waals surface area contributed by atoms with Crippen molar-refractivity contribution in [1.82, 2.24) is 19.8 Å². The minimum absolute atomic E-state index is 0.0271. The van der Waals surface area contributed by atoms with Gasteiger partial charge in [0.25, 0.3) is 0 Å². The lowest BCUT2D eigenvalue weighted by Gasteiger charge is -2.35. The molecule has 14 heteroatoms. The predicted molar refractivity (Wildman–Crippen MR) is 124 cm³/mol. The highest BCUT2D eigenvalue weighted by Crippen LogP contribution is 2.33. The molecule has 0 aromatic heterocycles. The zero-order chi connectivity index (χ0) is 25.5. The second kappa shape index (κ2) is 12.3. The Morgan fingerprint density at radius 1 is 0.657 bits per heavy atom. The molecule has 0 aromatic rings. The molecule has 4 bridgehead atoms. The lowest BCUT2D eigenvalue weighted by atomic mass is 10.3. The van der Waals surface area contributed by atoms with E-state index in [0.29, 0.717) is 17.7 Å². The molecular formula is C21H26N4O8S2. The molecule has 0 radical (unpaired) electrons. The molecule has 0 aromatic carbocycles. The van der Waals surface area contributed by atoms with Crippen LogP contribution in [0, 0.1) is 0 Å². The molecule has 3 rings (SSSR count). The van der Waals surface area contributed by atoms with Crippen LogP contribution in [0.1, 0.15) is 38.5 Å². The Bertz CT molecular complexity index is 857. The van der Waals surface area contributed by atoms with Gasteiger partial charge in [0.1, 0.15) is 12.6 Å². The van der Waals surface area contributed by atoms with Gasteiger partial charge in [0.05, 0.1) is 10.5 Å². The van der Waals surface area contributed by atoms with Crippen LogP contribution in [0.25, 0.3) is 0 Å². The van der Waals surface area contributed by atoms with Gasteiger partial charge >= 0.3 is 0 Å². The fourth-order valence-electron chi connectivity index (χ4n) is 4.02. The lowest BCUT2D eigenvalue weighted by molar-refractivity contribution is -0.165. The summed E-state index contributed by atoms with van der Waals surface area (Å²) >= 11 is 2.43. The first-order valence-electron chi connectivity index (χ1n) is 11.2. The summed E-state index contributed by atoms with van der Waals surface area (Å²) in [6.45, 7) is -0.629. The second-order valence-corrected chi connectivity index (χ2v) is 10.8. The average Bonchev–Trinajstić information content (AvgIpc) is 3.25. The van der Waals surface area contributed by atoms with E-state index in [0.717, 1.165) is 19.8 Å². The third kappa shape index (κ3) is 6.28. The zero-order valence-electron chi connectivity index (χ0n) is 19.0. The molecule has 12 nitrogen and oxygen atoms in total. The van der Waals surface area contributed by atoms with Gasteiger partial charge in [0.15, 0.2) is 0 Å². The molecule has 3 aliphatic heterocycles. The first kappa shape index (κ1) is 26.9. The van der Waals surface area contributed by atoms with E-state index in [-0.39, 0.29) is 64.7 Å². The van der Waals surface area contributed by atoms with E-state index in [1.54, 1.807) is 0 Å². The molecule has 2 unspecified atom stereocenters. The van der Waals surface area contributed by atoms with Gasteiger partial charge in [0, 0.05) is 69.8 Å². The van der Waals surface area contributed by atoms with Gasteiger partial charge in [-0.15, -0.1) is 23.5 Å². The number of hydrazine groups is 1. The molecule has 3 heterocycles. The quantitative estimate of drug-likeness (QED) is 0.318. The third-order valence-corrected chi connectivity index (χ3v) is 8.46. The summed E-state index contributed by atoms with van der Waals surface area (Å²) in [5, 5.41) is 1.14. The summed E-state index contributed by atoms with van der Waals surface area (Å²) in [6.07, 6.45) is 0.399. The van der Waals surface area contributed by atoms with E-state index in [2.05, 4.69) is 0 Å². The molecule has 3 aliphatic rings. The Balaban J connectivity index is 1.88. The Morgan fingerprint density at radius 2 is 1.06 bits per heavy atom. The fourth-order valence-corrected chi connectivity index (χ4v) is 6.71. The third-order valence-electron chi connectivity index (χ3n) is 5.83. The smallest absolute Gasteiger partial charge is 0.242 e. The molecule has 190 valence electrons. The summed E-state index contributed by atoms with van der Waals surface area (Å²) < 4.78 is 0. The van der Waals surface area contributed by atoms with Gasteiger partial charge in [0.2, 0.25) is 35.4 Å². The molecule has 3 saturated heterocycles. The normalized spacial score (nSPS) is 24.9. The number of carbonyl (C=O) groups excluding carboxylic acids is 8. The maximum Gasteiger partial charge on any atom is 0.242 e. The van der Waals surface area contributed by atoms with Crippen molar-refractivity contribution in [2.24, 2.45) is 0 Å². The van der Waals surface area contributed by atoms with E-state index in [4.69, 9.17) is 0 Å². The van der Waals surface area contributed by atoms with Crippen LogP contribution in [-0.2, 0) is 38.4 Å². The lowest BCUT2D eigenvalue weighted by Crippen LogP contribution is -2.52. The first-order valence-corrected chi connectivity index (χ1v) is 13.3. The Morgan fingerprint density at radius 3 is 1.43 bits per heavy atom. The monoisotopic (exact) mass is 526 g/mol. The van der Waals surface area contributed by atoms with Crippen LogP contribution in [0.3, 0.4) is 0 Å². The standard InChI is InChI=1S/C21H26N4O8S2/c26-9-1-5-24-16(28)3-7-22-18(30)11-14(20(22)32)34-13-35-15-12-19(31)23(21(15)33)8-4-17(29)25(24)6-2-10-27/h9-10,14-15H,1-8,11-13H2. The van der Waals surface area contributed by atoms with E-state index in [1.807, 2.05) is 0 Å². The highest BCUT2D eigenvalue weighted by atomic mass is 32.2. The Hall–Kier alpha value is -2.74. The number of thioether (sulfide) groups is 2. The zero-order valence-corrected chi connectivity index (χ0v) is 20.6. The topological polar surface area (TPSA) is 150 Å². The number of rotatable bonds is 6. The van der Waals surface area contributed by atoms with E-state index < -0.39 is 45.9 Å². The SMILES string of the molecule is O=CCCN1C(=O)CCN2C(=O)CC(SCSC3CC(=O)N(CCC(=O)N1CCC=O)C3=O)C2=O. The number of imide groups is 2. The van der Waals surface area contributed by atoms with Crippen LogP contribution in [0.5, 0.6) is 0 Å². The fraction of sp³-hybridized carbons (Fsp3) is 0.619. The predicted octanol–water partition coefficient (Wildman–Crippen LogP) is -0.791. The van der Waals surface area contributed by atoms with Crippen LogP contribution in [0.2, 0.25) is 0 Å². The van der Waals surface area contributed by atoms with Gasteiger partial charge in [-0.05, 0) is 0 Å². The van der Waals surface area contributed by atoms with Crippen molar-refractivity contribution in [3.8, 4) is 0 Å². The van der Waals surface area contributed by atoms with Crippen molar-refractivity contribution in [2.45, 2.75) is 49.0 Å². The van der Waals surface area contributed by atoms with Crippen molar-refractivity contribution < 1.29 is 38.4 Å². The maximum absolute atomic E-state index is 13.1.